The molecule has 2 aliphatic heterocycles. The second kappa shape index (κ2) is 8.98. The minimum atomic E-state index is -0.0539. The van der Waals surface area contributed by atoms with E-state index in [1.54, 1.807) is 0 Å². The Morgan fingerprint density at radius 2 is 2.03 bits per heavy atom. The molecule has 0 unspecified atom stereocenters. The van der Waals surface area contributed by atoms with E-state index in [4.69, 9.17) is 9.47 Å². The van der Waals surface area contributed by atoms with Crippen LogP contribution in [0.15, 0.2) is 30.6 Å². The molecule has 3 aromatic rings. The number of aryl methyl sites for hydroxylation is 2. The summed E-state index contributed by atoms with van der Waals surface area (Å²) in [5.74, 6) is 0.697. The summed E-state index contributed by atoms with van der Waals surface area (Å²) in [5.41, 5.74) is 8.18. The molecular formula is C26H30N4O3. The number of nitrogens with one attached hydrogen (secondary N) is 1. The van der Waals surface area contributed by atoms with Crippen LogP contribution in [0.3, 0.4) is 0 Å². The Labute approximate surface area is 194 Å². The van der Waals surface area contributed by atoms with Gasteiger partial charge in [-0.25, -0.2) is 0 Å². The molecule has 172 valence electrons. The molecule has 1 amide bonds. The van der Waals surface area contributed by atoms with Crippen molar-refractivity contribution in [2.75, 3.05) is 19.8 Å². The van der Waals surface area contributed by atoms with Crippen molar-refractivity contribution >= 4 is 5.91 Å². The van der Waals surface area contributed by atoms with Crippen molar-refractivity contribution < 1.29 is 14.3 Å². The third kappa shape index (κ3) is 4.37. The standard InChI is InChI=1S/C26H30N4O3/c1-16-19(12-18-4-5-24(27-14-18)23-15-30(3)29-17(23)2)13-22(25-21(16)8-11-33-25)26(31)28-20-6-9-32-10-7-20/h4-5,13-15,20H,6-12H2,1-3H3,(H,28,31). The van der Waals surface area contributed by atoms with Gasteiger partial charge in [0.25, 0.3) is 5.91 Å². The van der Waals surface area contributed by atoms with Gasteiger partial charge in [0.05, 0.1) is 23.6 Å². The second-order valence-corrected chi connectivity index (χ2v) is 9.00. The van der Waals surface area contributed by atoms with E-state index >= 15 is 0 Å². The minimum absolute atomic E-state index is 0.0539. The number of ether oxygens (including phenoxy) is 2. The largest absolute Gasteiger partial charge is 0.492 e. The number of hydrogen-bond acceptors (Lipinski definition) is 5. The third-order valence-electron chi connectivity index (χ3n) is 6.68. The lowest BCUT2D eigenvalue weighted by atomic mass is 9.92. The number of carbonyl (C=O) groups excluding carboxylic acids is 1. The van der Waals surface area contributed by atoms with Gasteiger partial charge in [0.2, 0.25) is 0 Å². The first kappa shape index (κ1) is 21.6. The first-order valence-electron chi connectivity index (χ1n) is 11.6. The summed E-state index contributed by atoms with van der Waals surface area (Å²) < 4.78 is 13.1. The molecule has 5 rings (SSSR count). The van der Waals surface area contributed by atoms with E-state index in [0.29, 0.717) is 25.4 Å². The summed E-state index contributed by atoms with van der Waals surface area (Å²) in [6.07, 6.45) is 7.17. The first-order chi connectivity index (χ1) is 16.0. The van der Waals surface area contributed by atoms with Crippen LogP contribution in [0.25, 0.3) is 11.3 Å². The average Bonchev–Trinajstić information content (AvgIpc) is 3.43. The lowest BCUT2D eigenvalue weighted by molar-refractivity contribution is 0.0695. The van der Waals surface area contributed by atoms with Crippen LogP contribution >= 0.6 is 0 Å². The van der Waals surface area contributed by atoms with E-state index in [9.17, 15) is 4.79 Å². The van der Waals surface area contributed by atoms with Gasteiger partial charge >= 0.3 is 0 Å². The zero-order valence-electron chi connectivity index (χ0n) is 19.5. The highest BCUT2D eigenvalue weighted by molar-refractivity contribution is 5.98. The van der Waals surface area contributed by atoms with Gasteiger partial charge in [-0.05, 0) is 61.9 Å². The molecule has 33 heavy (non-hydrogen) atoms. The maximum absolute atomic E-state index is 13.2. The third-order valence-corrected chi connectivity index (χ3v) is 6.68. The maximum Gasteiger partial charge on any atom is 0.255 e. The van der Waals surface area contributed by atoms with Crippen LogP contribution in [0.2, 0.25) is 0 Å². The number of nitrogens with zero attached hydrogens (tertiary/aromatic N) is 3. The van der Waals surface area contributed by atoms with Gasteiger partial charge in [0.1, 0.15) is 5.75 Å². The molecule has 1 N–H and O–H groups in total. The van der Waals surface area contributed by atoms with Crippen LogP contribution in [0.5, 0.6) is 5.75 Å². The monoisotopic (exact) mass is 446 g/mol. The molecule has 0 radical (unpaired) electrons. The first-order valence-corrected chi connectivity index (χ1v) is 11.6. The van der Waals surface area contributed by atoms with Gasteiger partial charge in [0.15, 0.2) is 0 Å². The summed E-state index contributed by atoms with van der Waals surface area (Å²) in [7, 11) is 1.92. The average molecular weight is 447 g/mol. The van der Waals surface area contributed by atoms with Gasteiger partial charge < -0.3 is 14.8 Å². The fourth-order valence-electron chi connectivity index (χ4n) is 4.81. The Bertz CT molecular complexity index is 1180. The lowest BCUT2D eigenvalue weighted by Crippen LogP contribution is -2.39. The highest BCUT2D eigenvalue weighted by Crippen LogP contribution is 2.35. The maximum atomic E-state index is 13.2. The van der Waals surface area contributed by atoms with E-state index in [2.05, 4.69) is 28.4 Å². The van der Waals surface area contributed by atoms with Crippen molar-refractivity contribution in [2.24, 2.45) is 7.05 Å². The summed E-state index contributed by atoms with van der Waals surface area (Å²) in [4.78, 5) is 17.9. The second-order valence-electron chi connectivity index (χ2n) is 9.00. The molecule has 0 spiro atoms. The van der Waals surface area contributed by atoms with Crippen molar-refractivity contribution in [1.82, 2.24) is 20.1 Å². The molecule has 1 saturated heterocycles. The molecule has 1 aromatic carbocycles. The number of fused-ring (bicyclic) bond motifs is 1. The smallest absolute Gasteiger partial charge is 0.255 e. The predicted octanol–water partition coefficient (Wildman–Crippen LogP) is 3.53. The molecule has 4 heterocycles. The predicted molar refractivity (Wildman–Crippen MR) is 126 cm³/mol. The SMILES string of the molecule is Cc1nn(C)cc1-c1ccc(Cc2cc(C(=O)NC3CCOCC3)c3c(c2C)CCO3)cn1. The highest BCUT2D eigenvalue weighted by atomic mass is 16.5. The van der Waals surface area contributed by atoms with E-state index < -0.39 is 0 Å². The van der Waals surface area contributed by atoms with Crippen LogP contribution in [-0.2, 0) is 24.6 Å². The molecule has 0 aliphatic carbocycles. The Kier molecular flexibility index (Phi) is 5.89. The molecule has 0 saturated carbocycles. The van der Waals surface area contributed by atoms with E-state index in [1.165, 1.54) is 5.56 Å². The number of rotatable bonds is 5. The molecule has 0 bridgehead atoms. The van der Waals surface area contributed by atoms with Crippen LogP contribution in [0.1, 0.15) is 51.1 Å². The number of hydrogen-bond donors (Lipinski definition) is 1. The topological polar surface area (TPSA) is 78.3 Å². The Hall–Kier alpha value is -3.19. The quantitative estimate of drug-likeness (QED) is 0.649. The van der Waals surface area contributed by atoms with Crippen LogP contribution in [0, 0.1) is 13.8 Å². The minimum Gasteiger partial charge on any atom is -0.492 e. The van der Waals surface area contributed by atoms with Crippen molar-refractivity contribution in [3.05, 3.63) is 64.1 Å². The van der Waals surface area contributed by atoms with E-state index in [0.717, 1.165) is 65.1 Å². The fraction of sp³-hybridized carbons (Fsp3) is 0.423. The van der Waals surface area contributed by atoms with Crippen LogP contribution < -0.4 is 10.1 Å². The van der Waals surface area contributed by atoms with E-state index in [-0.39, 0.29) is 11.9 Å². The van der Waals surface area contributed by atoms with Crippen LogP contribution in [-0.4, -0.2) is 46.5 Å². The zero-order valence-corrected chi connectivity index (χ0v) is 19.5. The van der Waals surface area contributed by atoms with Gasteiger partial charge in [-0.3, -0.25) is 14.5 Å². The molecule has 2 aliphatic rings. The van der Waals surface area contributed by atoms with Crippen molar-refractivity contribution in [3.8, 4) is 17.0 Å². The molecule has 7 nitrogen and oxygen atoms in total. The van der Waals surface area contributed by atoms with Gasteiger partial charge in [-0.2, -0.15) is 5.10 Å². The molecule has 0 atom stereocenters. The number of pyridine rings is 1. The van der Waals surface area contributed by atoms with Crippen molar-refractivity contribution in [2.45, 2.75) is 45.6 Å². The summed E-state index contributed by atoms with van der Waals surface area (Å²) in [6.45, 7) is 6.13. The van der Waals surface area contributed by atoms with Gasteiger partial charge in [0, 0.05) is 56.2 Å². The molecular weight excluding hydrogens is 416 g/mol. The highest BCUT2D eigenvalue weighted by Gasteiger charge is 2.27. The molecule has 2 aromatic heterocycles. The van der Waals surface area contributed by atoms with Crippen molar-refractivity contribution in [1.29, 1.82) is 0 Å². The number of amides is 1. The molecule has 1 fully saturated rings. The Morgan fingerprint density at radius 3 is 2.73 bits per heavy atom. The fourth-order valence-corrected chi connectivity index (χ4v) is 4.81. The zero-order chi connectivity index (χ0) is 22.9. The molecule has 7 heteroatoms. The number of carbonyl (C=O) groups is 1. The summed E-state index contributed by atoms with van der Waals surface area (Å²) in [6, 6.07) is 6.32. The normalized spacial score (nSPS) is 15.8. The van der Waals surface area contributed by atoms with E-state index in [1.807, 2.05) is 43.2 Å². The Morgan fingerprint density at radius 1 is 1.21 bits per heavy atom. The van der Waals surface area contributed by atoms with Gasteiger partial charge in [-0.1, -0.05) is 6.07 Å². The lowest BCUT2D eigenvalue weighted by Gasteiger charge is -2.24. The van der Waals surface area contributed by atoms with Crippen molar-refractivity contribution in [3.63, 3.8) is 0 Å². The number of benzene rings is 1. The van der Waals surface area contributed by atoms with Crippen LogP contribution in [0.4, 0.5) is 0 Å². The summed E-state index contributed by atoms with van der Waals surface area (Å²) >= 11 is 0. The van der Waals surface area contributed by atoms with Gasteiger partial charge in [-0.15, -0.1) is 0 Å². The number of aromatic nitrogens is 3. The Balaban J connectivity index is 1.40. The summed E-state index contributed by atoms with van der Waals surface area (Å²) in [5, 5.41) is 7.60.